The molecule has 2 aromatic heterocycles. The number of carbonyl (C=O) groups is 1. The first-order valence-corrected chi connectivity index (χ1v) is 11.4. The van der Waals surface area contributed by atoms with Crippen molar-refractivity contribution in [2.45, 2.75) is 50.7 Å². The van der Waals surface area contributed by atoms with Gasteiger partial charge >= 0.3 is 0 Å². The fourth-order valence-electron chi connectivity index (χ4n) is 4.02. The van der Waals surface area contributed by atoms with E-state index in [-0.39, 0.29) is 23.3 Å². The third kappa shape index (κ3) is 4.26. The normalized spacial score (nSPS) is 19.0. The van der Waals surface area contributed by atoms with Crippen molar-refractivity contribution >= 4 is 28.6 Å². The highest BCUT2D eigenvalue weighted by Gasteiger charge is 2.23. The van der Waals surface area contributed by atoms with E-state index in [2.05, 4.69) is 17.2 Å². The number of pyridine rings is 1. The second-order valence-corrected chi connectivity index (χ2v) is 8.86. The van der Waals surface area contributed by atoms with Crippen molar-refractivity contribution in [2.75, 3.05) is 5.75 Å². The molecule has 1 aliphatic carbocycles. The van der Waals surface area contributed by atoms with E-state index in [4.69, 9.17) is 4.98 Å². The number of hydrogen-bond acceptors (Lipinski definition) is 5. The molecule has 2 heterocycles. The highest BCUT2D eigenvalue weighted by atomic mass is 32.2. The van der Waals surface area contributed by atoms with Crippen molar-refractivity contribution in [1.29, 1.82) is 0 Å². The maximum atomic E-state index is 13.3. The lowest BCUT2D eigenvalue weighted by Gasteiger charge is -2.29. The van der Waals surface area contributed by atoms with E-state index in [1.54, 1.807) is 12.3 Å². The quantitative estimate of drug-likeness (QED) is 0.499. The van der Waals surface area contributed by atoms with Gasteiger partial charge in [-0.2, -0.15) is 0 Å². The maximum Gasteiger partial charge on any atom is 0.267 e. The Bertz CT molecular complexity index is 1130. The highest BCUT2D eigenvalue weighted by Crippen LogP contribution is 2.25. The first-order chi connectivity index (χ1) is 14.5. The molecule has 0 spiro atoms. The fourth-order valence-corrected chi connectivity index (χ4v) is 4.82. The molecule has 1 N–H and O–H groups in total. The van der Waals surface area contributed by atoms with Crippen LogP contribution in [-0.2, 0) is 4.79 Å². The molecule has 0 aliphatic heterocycles. The molecule has 1 saturated carbocycles. The van der Waals surface area contributed by atoms with Crippen LogP contribution in [0.2, 0.25) is 0 Å². The van der Waals surface area contributed by atoms with Gasteiger partial charge in [-0.05, 0) is 49.4 Å². The van der Waals surface area contributed by atoms with Gasteiger partial charge in [0.25, 0.3) is 5.56 Å². The third-order valence-electron chi connectivity index (χ3n) is 5.73. The lowest BCUT2D eigenvalue weighted by atomic mass is 9.86. The van der Waals surface area contributed by atoms with Gasteiger partial charge in [-0.25, -0.2) is 14.5 Å². The van der Waals surface area contributed by atoms with E-state index in [0.717, 1.165) is 24.8 Å². The zero-order chi connectivity index (χ0) is 21.1. The van der Waals surface area contributed by atoms with Gasteiger partial charge in [0.1, 0.15) is 5.82 Å². The Labute approximate surface area is 180 Å². The molecule has 156 valence electrons. The second-order valence-electron chi connectivity index (χ2n) is 7.92. The average molecular weight is 423 g/mol. The number of hydrogen-bond donors (Lipinski definition) is 1. The van der Waals surface area contributed by atoms with Gasteiger partial charge in [-0.15, -0.1) is 0 Å². The number of fused-ring (bicyclic) bond motifs is 1. The molecule has 0 radical (unpaired) electrons. The molecular weight excluding hydrogens is 396 g/mol. The molecule has 1 aromatic carbocycles. The number of benzene rings is 1. The number of thioether (sulfide) groups is 1. The largest absolute Gasteiger partial charge is 0.352 e. The minimum absolute atomic E-state index is 0.0227. The van der Waals surface area contributed by atoms with Crippen LogP contribution in [0.25, 0.3) is 16.7 Å². The number of aryl methyl sites for hydroxylation is 1. The van der Waals surface area contributed by atoms with Crippen LogP contribution in [0.3, 0.4) is 0 Å². The molecule has 0 saturated heterocycles. The van der Waals surface area contributed by atoms with Crippen molar-refractivity contribution in [2.24, 2.45) is 5.92 Å². The minimum atomic E-state index is -0.175. The molecule has 3 aromatic rings. The molecule has 6 nitrogen and oxygen atoms in total. The molecule has 0 unspecified atom stereocenters. The Morgan fingerprint density at radius 3 is 2.80 bits per heavy atom. The third-order valence-corrected chi connectivity index (χ3v) is 6.67. The first kappa shape index (κ1) is 20.6. The predicted octanol–water partition coefficient (Wildman–Crippen LogP) is 3.88. The molecule has 1 fully saturated rings. The monoisotopic (exact) mass is 422 g/mol. The van der Waals surface area contributed by atoms with E-state index < -0.39 is 0 Å². The number of para-hydroxylation sites is 1. The van der Waals surface area contributed by atoms with Gasteiger partial charge in [-0.1, -0.05) is 49.7 Å². The molecule has 4 rings (SSSR count). The van der Waals surface area contributed by atoms with Gasteiger partial charge < -0.3 is 5.32 Å². The molecule has 30 heavy (non-hydrogen) atoms. The van der Waals surface area contributed by atoms with Crippen LogP contribution >= 0.6 is 11.8 Å². The summed E-state index contributed by atoms with van der Waals surface area (Å²) in [6.07, 6.45) is 6.24. The van der Waals surface area contributed by atoms with E-state index >= 15 is 0 Å². The lowest BCUT2D eigenvalue weighted by molar-refractivity contribution is -0.119. The topological polar surface area (TPSA) is 76.9 Å². The van der Waals surface area contributed by atoms with E-state index in [0.29, 0.717) is 27.8 Å². The molecule has 1 aliphatic rings. The van der Waals surface area contributed by atoms with Gasteiger partial charge in [0.15, 0.2) is 5.16 Å². The maximum absolute atomic E-state index is 13.3. The summed E-state index contributed by atoms with van der Waals surface area (Å²) in [5.74, 6) is 1.23. The Kier molecular flexibility index (Phi) is 6.18. The first-order valence-electron chi connectivity index (χ1n) is 10.4. The molecule has 0 bridgehead atoms. The smallest absolute Gasteiger partial charge is 0.267 e. The van der Waals surface area contributed by atoms with Crippen LogP contribution in [0.1, 0.15) is 38.2 Å². The van der Waals surface area contributed by atoms with Crippen LogP contribution in [0.5, 0.6) is 0 Å². The summed E-state index contributed by atoms with van der Waals surface area (Å²) >= 11 is 1.28. The zero-order valence-corrected chi connectivity index (χ0v) is 18.1. The number of nitrogens with one attached hydrogen (secondary N) is 1. The molecule has 7 heteroatoms. The fraction of sp³-hybridized carbons (Fsp3) is 0.391. The number of carbonyl (C=O) groups excluding carboxylic acids is 1. The van der Waals surface area contributed by atoms with E-state index in [9.17, 15) is 9.59 Å². The Morgan fingerprint density at radius 2 is 2.00 bits per heavy atom. The summed E-state index contributed by atoms with van der Waals surface area (Å²) < 4.78 is 1.53. The summed E-state index contributed by atoms with van der Waals surface area (Å²) in [5.41, 5.74) is 1.32. The SMILES string of the molecule is Cc1cccnc1-n1c(SCC(=O)N[C@@H]2CCCC[C@@H]2C)nc2ccccc2c1=O. The van der Waals surface area contributed by atoms with Crippen LogP contribution < -0.4 is 10.9 Å². The average Bonchev–Trinajstić information content (AvgIpc) is 2.75. The zero-order valence-electron chi connectivity index (χ0n) is 17.3. The lowest BCUT2D eigenvalue weighted by Crippen LogP contribution is -2.41. The summed E-state index contributed by atoms with van der Waals surface area (Å²) in [5, 5.41) is 4.18. The summed E-state index contributed by atoms with van der Waals surface area (Å²) in [6.45, 7) is 4.11. The van der Waals surface area contributed by atoms with Gasteiger partial charge in [0.05, 0.1) is 16.7 Å². The van der Waals surface area contributed by atoms with Crippen molar-refractivity contribution < 1.29 is 4.79 Å². The van der Waals surface area contributed by atoms with Gasteiger partial charge in [-0.3, -0.25) is 9.59 Å². The highest BCUT2D eigenvalue weighted by molar-refractivity contribution is 7.99. The van der Waals surface area contributed by atoms with Crippen molar-refractivity contribution in [3.8, 4) is 5.82 Å². The van der Waals surface area contributed by atoms with Crippen LogP contribution in [0.4, 0.5) is 0 Å². The molecule has 2 atom stereocenters. The van der Waals surface area contributed by atoms with Gasteiger partial charge in [0, 0.05) is 12.2 Å². The number of aromatic nitrogens is 3. The summed E-state index contributed by atoms with van der Waals surface area (Å²) in [7, 11) is 0. The standard InChI is InChI=1S/C23H26N4O2S/c1-15-8-3-5-11-18(15)25-20(28)14-30-23-26-19-12-6-4-10-17(19)22(29)27(23)21-16(2)9-7-13-24-21/h4,6-7,9-10,12-13,15,18H,3,5,8,11,14H2,1-2H3,(H,25,28)/t15-,18+/m0/s1. The number of amides is 1. The predicted molar refractivity (Wildman–Crippen MR) is 120 cm³/mol. The molecule has 1 amide bonds. The minimum Gasteiger partial charge on any atom is -0.352 e. The van der Waals surface area contributed by atoms with Crippen LogP contribution in [-0.4, -0.2) is 32.2 Å². The van der Waals surface area contributed by atoms with E-state index in [1.165, 1.54) is 22.7 Å². The Balaban J connectivity index is 1.64. The number of rotatable bonds is 5. The van der Waals surface area contributed by atoms with Gasteiger partial charge in [0.2, 0.25) is 5.91 Å². The van der Waals surface area contributed by atoms with Crippen LogP contribution in [0, 0.1) is 12.8 Å². The van der Waals surface area contributed by atoms with Crippen molar-refractivity contribution in [3.05, 3.63) is 58.5 Å². The van der Waals surface area contributed by atoms with Crippen LogP contribution in [0.15, 0.2) is 52.5 Å². The Hall–Kier alpha value is -2.67. The van der Waals surface area contributed by atoms with E-state index in [1.807, 2.05) is 37.3 Å². The Morgan fingerprint density at radius 1 is 1.20 bits per heavy atom. The van der Waals surface area contributed by atoms with Crippen molar-refractivity contribution in [1.82, 2.24) is 19.9 Å². The number of nitrogens with zero attached hydrogens (tertiary/aromatic N) is 3. The summed E-state index contributed by atoms with van der Waals surface area (Å²) in [4.78, 5) is 35.0. The van der Waals surface area contributed by atoms with Crippen molar-refractivity contribution in [3.63, 3.8) is 0 Å². The molecular formula is C23H26N4O2S. The summed E-state index contributed by atoms with van der Waals surface area (Å²) in [6, 6.07) is 11.3. The second kappa shape index (κ2) is 9.00.